The number of carbonyl (C=O) groups excluding carboxylic acids is 2. The molecule has 0 aliphatic heterocycles. The maximum atomic E-state index is 11.7. The van der Waals surface area contributed by atoms with Crippen LogP contribution in [0.4, 0.5) is 4.79 Å². The first kappa shape index (κ1) is 16.0. The zero-order chi connectivity index (χ0) is 15.3. The molecular formula is C14H21N3O3. The Morgan fingerprint density at radius 3 is 2.15 bits per heavy atom. The van der Waals surface area contributed by atoms with Gasteiger partial charge in [0.2, 0.25) is 0 Å². The van der Waals surface area contributed by atoms with Crippen LogP contribution in [-0.2, 0) is 0 Å². The zero-order valence-corrected chi connectivity index (χ0v) is 12.2. The Balaban J connectivity index is 2.66. The van der Waals surface area contributed by atoms with Crippen LogP contribution in [0.5, 0.6) is 0 Å². The lowest BCUT2D eigenvalue weighted by Crippen LogP contribution is -2.47. The topological polar surface area (TPSA) is 90.5 Å². The fourth-order valence-corrected chi connectivity index (χ4v) is 1.64. The molecule has 0 heterocycles. The van der Waals surface area contributed by atoms with E-state index in [0.717, 1.165) is 5.56 Å². The van der Waals surface area contributed by atoms with Crippen LogP contribution in [0, 0.1) is 0 Å². The van der Waals surface area contributed by atoms with E-state index in [0.29, 0.717) is 5.56 Å². The number of hydroxylamine groups is 1. The first-order chi connectivity index (χ1) is 9.23. The maximum absolute atomic E-state index is 11.7. The Labute approximate surface area is 118 Å². The van der Waals surface area contributed by atoms with Crippen molar-refractivity contribution in [3.8, 4) is 0 Å². The summed E-state index contributed by atoms with van der Waals surface area (Å²) in [6.45, 7) is 7.56. The molecule has 0 unspecified atom stereocenters. The van der Waals surface area contributed by atoms with Gasteiger partial charge in [0.05, 0.1) is 6.04 Å². The molecule has 3 amide bonds. The van der Waals surface area contributed by atoms with Gasteiger partial charge in [0, 0.05) is 11.1 Å². The van der Waals surface area contributed by atoms with E-state index in [1.165, 1.54) is 0 Å². The summed E-state index contributed by atoms with van der Waals surface area (Å²) >= 11 is 0. The number of urea groups is 1. The Morgan fingerprint density at radius 2 is 1.70 bits per heavy atom. The van der Waals surface area contributed by atoms with Crippen molar-refractivity contribution in [1.82, 2.24) is 16.1 Å². The van der Waals surface area contributed by atoms with E-state index in [1.807, 2.05) is 27.7 Å². The number of amides is 3. The number of benzene rings is 1. The van der Waals surface area contributed by atoms with E-state index in [4.69, 9.17) is 5.21 Å². The molecule has 20 heavy (non-hydrogen) atoms. The van der Waals surface area contributed by atoms with Gasteiger partial charge in [-0.15, -0.1) is 0 Å². The molecular weight excluding hydrogens is 259 g/mol. The average Bonchev–Trinajstić information content (AvgIpc) is 2.35. The molecule has 0 spiro atoms. The van der Waals surface area contributed by atoms with Crippen molar-refractivity contribution >= 4 is 11.9 Å². The third kappa shape index (κ3) is 4.89. The van der Waals surface area contributed by atoms with Crippen molar-refractivity contribution in [3.63, 3.8) is 0 Å². The molecule has 0 aromatic heterocycles. The van der Waals surface area contributed by atoms with E-state index in [2.05, 4.69) is 10.6 Å². The van der Waals surface area contributed by atoms with Crippen molar-refractivity contribution < 1.29 is 14.8 Å². The molecule has 1 aromatic rings. The second kappa shape index (κ2) is 6.38. The number of rotatable bonds is 3. The molecule has 0 bridgehead atoms. The molecule has 4 N–H and O–H groups in total. The monoisotopic (exact) mass is 280 g/mol. The summed E-state index contributed by atoms with van der Waals surface area (Å²) in [6, 6.07) is 6.19. The first-order valence-corrected chi connectivity index (χ1v) is 6.36. The Kier molecular flexibility index (Phi) is 5.10. The smallest absolute Gasteiger partial charge is 0.315 e. The highest BCUT2D eigenvalue weighted by molar-refractivity contribution is 5.93. The van der Waals surface area contributed by atoms with Gasteiger partial charge in [0.1, 0.15) is 0 Å². The van der Waals surface area contributed by atoms with E-state index < -0.39 is 5.91 Å². The van der Waals surface area contributed by atoms with Gasteiger partial charge in [-0.05, 0) is 45.4 Å². The van der Waals surface area contributed by atoms with Crippen molar-refractivity contribution in [2.45, 2.75) is 39.3 Å². The standard InChI is InChI=1S/C14H21N3O3/c1-9(15-13(19)16-14(2,3)4)10-5-7-11(8-6-10)12(18)17-20/h5-9,20H,1-4H3,(H,17,18)(H2,15,16,19)/t9-/m1/s1/i17+1. The number of hydrogen-bond donors (Lipinski definition) is 4. The molecule has 6 heteroatoms. The largest absolute Gasteiger partial charge is 0.334 e. The Hall–Kier alpha value is -2.08. The lowest BCUT2D eigenvalue weighted by atomic mass is 10.1. The molecule has 110 valence electrons. The number of nitrogens with one attached hydrogen (secondary N) is 3. The molecule has 1 rings (SSSR count). The summed E-state index contributed by atoms with van der Waals surface area (Å²) in [7, 11) is 0. The third-order valence-corrected chi connectivity index (χ3v) is 2.61. The van der Waals surface area contributed by atoms with Crippen LogP contribution in [0.25, 0.3) is 0 Å². The van der Waals surface area contributed by atoms with Crippen LogP contribution >= 0.6 is 0 Å². The molecule has 0 saturated carbocycles. The van der Waals surface area contributed by atoms with Crippen LogP contribution in [0.1, 0.15) is 49.7 Å². The minimum atomic E-state index is -0.567. The average molecular weight is 280 g/mol. The summed E-state index contributed by atoms with van der Waals surface area (Å²) in [5, 5.41) is 14.2. The van der Waals surface area contributed by atoms with Gasteiger partial charge in [-0.25, -0.2) is 10.3 Å². The Bertz CT molecular complexity index is 477. The van der Waals surface area contributed by atoms with Gasteiger partial charge in [-0.1, -0.05) is 12.1 Å². The van der Waals surface area contributed by atoms with Gasteiger partial charge < -0.3 is 10.6 Å². The lowest BCUT2D eigenvalue weighted by Gasteiger charge is -2.23. The van der Waals surface area contributed by atoms with Crippen molar-refractivity contribution in [2.75, 3.05) is 0 Å². The molecule has 0 saturated heterocycles. The third-order valence-electron chi connectivity index (χ3n) is 2.61. The summed E-state index contributed by atoms with van der Waals surface area (Å²) in [5.74, 6) is -0.567. The molecule has 6 nitrogen and oxygen atoms in total. The van der Waals surface area contributed by atoms with E-state index in [1.54, 1.807) is 29.7 Å². The van der Waals surface area contributed by atoms with Gasteiger partial charge in [0.15, 0.2) is 0 Å². The molecule has 1 atom stereocenters. The molecule has 1 aromatic carbocycles. The zero-order valence-electron chi connectivity index (χ0n) is 12.2. The lowest BCUT2D eigenvalue weighted by molar-refractivity contribution is 0.0706. The van der Waals surface area contributed by atoms with Crippen molar-refractivity contribution in [3.05, 3.63) is 35.4 Å². The summed E-state index contributed by atoms with van der Waals surface area (Å²) < 4.78 is 0. The maximum Gasteiger partial charge on any atom is 0.315 e. The highest BCUT2D eigenvalue weighted by Crippen LogP contribution is 2.13. The fraction of sp³-hybridized carbons (Fsp3) is 0.429. The predicted molar refractivity (Wildman–Crippen MR) is 75.5 cm³/mol. The molecule has 0 aliphatic rings. The molecule has 0 radical (unpaired) electrons. The second-order valence-electron chi connectivity index (χ2n) is 5.63. The quantitative estimate of drug-likeness (QED) is 0.387. The fourth-order valence-electron chi connectivity index (χ4n) is 1.64. The SMILES string of the molecule is C[C@@H](NC(=O)NC(C)(C)C)c1ccc(C(=O)[15NH]O)cc1. The normalized spacial score (nSPS) is 12.4. The highest BCUT2D eigenvalue weighted by atomic mass is 16.7. The van der Waals surface area contributed by atoms with Gasteiger partial charge in [-0.3, -0.25) is 10.0 Å². The van der Waals surface area contributed by atoms with Crippen LogP contribution in [0.2, 0.25) is 0 Å². The van der Waals surface area contributed by atoms with Crippen LogP contribution in [-0.4, -0.2) is 22.7 Å². The number of carbonyl (C=O) groups is 2. The minimum Gasteiger partial charge on any atom is -0.334 e. The van der Waals surface area contributed by atoms with Gasteiger partial charge >= 0.3 is 6.03 Å². The van der Waals surface area contributed by atoms with E-state index in [-0.39, 0.29) is 17.6 Å². The van der Waals surface area contributed by atoms with Crippen LogP contribution < -0.4 is 16.1 Å². The summed E-state index contributed by atoms with van der Waals surface area (Å²) in [5.41, 5.74) is 2.48. The van der Waals surface area contributed by atoms with Crippen molar-refractivity contribution in [1.29, 1.82) is 0 Å². The minimum absolute atomic E-state index is 0.191. The first-order valence-electron chi connectivity index (χ1n) is 6.36. The van der Waals surface area contributed by atoms with E-state index in [9.17, 15) is 9.59 Å². The molecule has 0 fully saturated rings. The van der Waals surface area contributed by atoms with Crippen LogP contribution in [0.3, 0.4) is 0 Å². The number of hydrogen-bond acceptors (Lipinski definition) is 3. The van der Waals surface area contributed by atoms with Crippen LogP contribution in [0.15, 0.2) is 24.3 Å². The van der Waals surface area contributed by atoms with Crippen molar-refractivity contribution in [2.24, 2.45) is 0 Å². The van der Waals surface area contributed by atoms with Gasteiger partial charge in [-0.2, -0.15) is 0 Å². The predicted octanol–water partition coefficient (Wildman–Crippen LogP) is 1.96. The second-order valence-corrected chi connectivity index (χ2v) is 5.63. The van der Waals surface area contributed by atoms with Gasteiger partial charge in [0.25, 0.3) is 5.91 Å². The molecule has 0 aliphatic carbocycles. The summed E-state index contributed by atoms with van der Waals surface area (Å²) in [4.78, 5) is 22.9. The van der Waals surface area contributed by atoms with E-state index >= 15 is 0 Å². The Morgan fingerprint density at radius 1 is 1.15 bits per heavy atom. The summed E-state index contributed by atoms with van der Waals surface area (Å²) in [6.07, 6.45) is 0. The highest BCUT2D eigenvalue weighted by Gasteiger charge is 2.16.